The first-order valence-corrected chi connectivity index (χ1v) is 7.37. The molecule has 0 aliphatic rings. The fraction of sp³-hybridized carbons (Fsp3) is 0.235. The van der Waals surface area contributed by atoms with Crippen molar-refractivity contribution in [3.05, 3.63) is 66.2 Å². The molecule has 2 heterocycles. The predicted octanol–water partition coefficient (Wildman–Crippen LogP) is 2.30. The van der Waals surface area contributed by atoms with Crippen LogP contribution in [-0.2, 0) is 13.1 Å². The molecule has 2 aromatic heterocycles. The summed E-state index contributed by atoms with van der Waals surface area (Å²) in [6, 6.07) is 10.7. The summed E-state index contributed by atoms with van der Waals surface area (Å²) in [6.45, 7) is 1.64. The molecule has 0 saturated heterocycles. The van der Waals surface area contributed by atoms with E-state index in [-0.39, 0.29) is 0 Å². The smallest absolute Gasteiger partial charge is 0.316 e. The van der Waals surface area contributed by atoms with Crippen LogP contribution in [0.15, 0.2) is 55.1 Å². The normalized spacial score (nSPS) is 10.9. The summed E-state index contributed by atoms with van der Waals surface area (Å²) in [5.41, 5.74) is 3.37. The maximum Gasteiger partial charge on any atom is 0.316 e. The largest absolute Gasteiger partial charge is 0.467 e. The molecule has 0 amide bonds. The topological polar surface area (TPSA) is 56.1 Å². The molecule has 6 nitrogen and oxygen atoms in total. The van der Waals surface area contributed by atoms with Crippen LogP contribution in [0.25, 0.3) is 5.69 Å². The summed E-state index contributed by atoms with van der Waals surface area (Å²) >= 11 is 0. The minimum atomic E-state index is 0.394. The van der Waals surface area contributed by atoms with Crippen LogP contribution in [0.4, 0.5) is 0 Å². The van der Waals surface area contributed by atoms with Gasteiger partial charge in [0.15, 0.2) is 0 Å². The SMILES string of the molecule is COc1ncc(CN(C)Cc2ccc(-n3cccn3)cc2)cn1. The van der Waals surface area contributed by atoms with Crippen molar-refractivity contribution in [3.63, 3.8) is 0 Å². The summed E-state index contributed by atoms with van der Waals surface area (Å²) in [4.78, 5) is 10.5. The van der Waals surface area contributed by atoms with Crippen LogP contribution in [-0.4, -0.2) is 38.8 Å². The second-order valence-corrected chi connectivity index (χ2v) is 5.37. The molecule has 0 unspecified atom stereocenters. The van der Waals surface area contributed by atoms with E-state index >= 15 is 0 Å². The van der Waals surface area contributed by atoms with E-state index in [0.29, 0.717) is 6.01 Å². The highest BCUT2D eigenvalue weighted by Crippen LogP contribution is 2.12. The second kappa shape index (κ2) is 7.02. The number of rotatable bonds is 6. The van der Waals surface area contributed by atoms with Crippen molar-refractivity contribution in [1.82, 2.24) is 24.6 Å². The second-order valence-electron chi connectivity index (χ2n) is 5.37. The van der Waals surface area contributed by atoms with Crippen molar-refractivity contribution in [3.8, 4) is 11.7 Å². The average Bonchev–Trinajstić information content (AvgIpc) is 3.11. The van der Waals surface area contributed by atoms with Gasteiger partial charge in [-0.1, -0.05) is 12.1 Å². The molecule has 0 atom stereocenters. The summed E-state index contributed by atoms with van der Waals surface area (Å²) in [7, 11) is 3.64. The number of benzene rings is 1. The highest BCUT2D eigenvalue weighted by molar-refractivity contribution is 5.33. The molecule has 1 aromatic carbocycles. The van der Waals surface area contributed by atoms with Crippen molar-refractivity contribution < 1.29 is 4.74 Å². The summed E-state index contributed by atoms with van der Waals surface area (Å²) in [5.74, 6) is 0. The Labute approximate surface area is 135 Å². The van der Waals surface area contributed by atoms with Crippen molar-refractivity contribution in [2.75, 3.05) is 14.2 Å². The number of methoxy groups -OCH3 is 1. The average molecular weight is 309 g/mol. The summed E-state index contributed by atoms with van der Waals surface area (Å²) < 4.78 is 6.82. The van der Waals surface area contributed by atoms with E-state index in [1.54, 1.807) is 25.7 Å². The zero-order chi connectivity index (χ0) is 16.1. The Morgan fingerprint density at radius 2 is 1.74 bits per heavy atom. The third kappa shape index (κ3) is 3.92. The van der Waals surface area contributed by atoms with Crippen molar-refractivity contribution >= 4 is 0 Å². The van der Waals surface area contributed by atoms with Gasteiger partial charge in [0.1, 0.15) is 0 Å². The molecule has 0 saturated carbocycles. The van der Waals surface area contributed by atoms with Crippen molar-refractivity contribution in [1.29, 1.82) is 0 Å². The van der Waals surface area contributed by atoms with Crippen LogP contribution in [0.3, 0.4) is 0 Å². The Hall–Kier alpha value is -2.73. The van der Waals surface area contributed by atoms with Crippen LogP contribution in [0, 0.1) is 0 Å². The Bertz CT molecular complexity index is 723. The number of aromatic nitrogens is 4. The van der Waals surface area contributed by atoms with Crippen LogP contribution >= 0.6 is 0 Å². The van der Waals surface area contributed by atoms with Gasteiger partial charge in [-0.05, 0) is 30.8 Å². The van der Waals surface area contributed by atoms with Gasteiger partial charge in [-0.3, -0.25) is 4.90 Å². The van der Waals surface area contributed by atoms with Gasteiger partial charge in [0.25, 0.3) is 0 Å². The van der Waals surface area contributed by atoms with Gasteiger partial charge in [0.05, 0.1) is 12.8 Å². The van der Waals surface area contributed by atoms with Gasteiger partial charge in [-0.25, -0.2) is 14.6 Å². The van der Waals surface area contributed by atoms with E-state index in [0.717, 1.165) is 24.3 Å². The number of nitrogens with zero attached hydrogens (tertiary/aromatic N) is 5. The first-order chi connectivity index (χ1) is 11.2. The Balaban J connectivity index is 1.59. The van der Waals surface area contributed by atoms with E-state index in [2.05, 4.69) is 51.3 Å². The number of hydrogen-bond acceptors (Lipinski definition) is 5. The summed E-state index contributed by atoms with van der Waals surface area (Å²) in [6.07, 6.45) is 7.30. The van der Waals surface area contributed by atoms with Gasteiger partial charge in [-0.2, -0.15) is 5.10 Å². The first-order valence-electron chi connectivity index (χ1n) is 7.37. The molecule has 6 heteroatoms. The molecule has 3 rings (SSSR count). The molecule has 0 N–H and O–H groups in total. The fourth-order valence-electron chi connectivity index (χ4n) is 2.38. The van der Waals surface area contributed by atoms with Gasteiger partial charge in [0.2, 0.25) is 0 Å². The molecular formula is C17H19N5O. The van der Waals surface area contributed by atoms with Crippen LogP contribution in [0.5, 0.6) is 6.01 Å². The molecule has 3 aromatic rings. The third-order valence-electron chi connectivity index (χ3n) is 3.47. The number of hydrogen-bond donors (Lipinski definition) is 0. The summed E-state index contributed by atoms with van der Waals surface area (Å²) in [5, 5.41) is 4.23. The Morgan fingerprint density at radius 1 is 1.04 bits per heavy atom. The van der Waals surface area contributed by atoms with Crippen molar-refractivity contribution in [2.24, 2.45) is 0 Å². The minimum Gasteiger partial charge on any atom is -0.467 e. The Morgan fingerprint density at radius 3 is 2.35 bits per heavy atom. The van der Waals surface area contributed by atoms with E-state index in [1.165, 1.54) is 5.56 Å². The molecule has 0 fully saturated rings. The van der Waals surface area contributed by atoms with Gasteiger partial charge in [0, 0.05) is 43.4 Å². The van der Waals surface area contributed by atoms with Gasteiger partial charge in [-0.15, -0.1) is 0 Å². The van der Waals surface area contributed by atoms with E-state index in [9.17, 15) is 0 Å². The van der Waals surface area contributed by atoms with Crippen LogP contribution < -0.4 is 4.74 Å². The maximum absolute atomic E-state index is 4.97. The monoisotopic (exact) mass is 309 g/mol. The molecule has 0 bridgehead atoms. The molecule has 0 radical (unpaired) electrons. The van der Waals surface area contributed by atoms with Crippen LogP contribution in [0.1, 0.15) is 11.1 Å². The third-order valence-corrected chi connectivity index (χ3v) is 3.47. The zero-order valence-corrected chi connectivity index (χ0v) is 13.3. The lowest BCUT2D eigenvalue weighted by molar-refractivity contribution is 0.316. The quantitative estimate of drug-likeness (QED) is 0.699. The maximum atomic E-state index is 4.97. The highest BCUT2D eigenvalue weighted by Gasteiger charge is 2.04. The molecule has 0 aliphatic heterocycles. The number of ether oxygens (including phenoxy) is 1. The molecular weight excluding hydrogens is 290 g/mol. The van der Waals surface area contributed by atoms with Crippen LogP contribution in [0.2, 0.25) is 0 Å². The van der Waals surface area contributed by atoms with E-state index in [4.69, 9.17) is 4.74 Å². The molecule has 118 valence electrons. The zero-order valence-electron chi connectivity index (χ0n) is 13.3. The first kappa shape index (κ1) is 15.2. The molecule has 0 aliphatic carbocycles. The van der Waals surface area contributed by atoms with E-state index in [1.807, 2.05) is 16.9 Å². The highest BCUT2D eigenvalue weighted by atomic mass is 16.5. The molecule has 23 heavy (non-hydrogen) atoms. The molecule has 0 spiro atoms. The predicted molar refractivity (Wildman–Crippen MR) is 87.3 cm³/mol. The van der Waals surface area contributed by atoms with Crippen molar-refractivity contribution in [2.45, 2.75) is 13.1 Å². The van der Waals surface area contributed by atoms with Gasteiger partial charge < -0.3 is 4.74 Å². The van der Waals surface area contributed by atoms with E-state index < -0.39 is 0 Å². The lowest BCUT2D eigenvalue weighted by atomic mass is 10.2. The minimum absolute atomic E-state index is 0.394. The fourth-order valence-corrected chi connectivity index (χ4v) is 2.38. The van der Waals surface area contributed by atoms with Gasteiger partial charge >= 0.3 is 6.01 Å². The Kier molecular flexibility index (Phi) is 4.63. The lowest BCUT2D eigenvalue weighted by Gasteiger charge is -2.16. The standard InChI is InChI=1S/C17H19N5O/c1-21(13-15-10-18-17(23-2)19-11-15)12-14-4-6-16(7-5-14)22-9-3-8-20-22/h3-11H,12-13H2,1-2H3. The lowest BCUT2D eigenvalue weighted by Crippen LogP contribution is -2.17.